The van der Waals surface area contributed by atoms with Gasteiger partial charge in [0.1, 0.15) is 0 Å². The van der Waals surface area contributed by atoms with Gasteiger partial charge in [-0.3, -0.25) is 4.79 Å². The normalized spacial score (nSPS) is 11.4. The molecule has 0 aliphatic heterocycles. The first-order chi connectivity index (χ1) is 11.0. The van der Waals surface area contributed by atoms with Crippen molar-refractivity contribution in [2.24, 2.45) is 10.2 Å². The topological polar surface area (TPSA) is 77.8 Å². The Morgan fingerprint density at radius 2 is 1.91 bits per heavy atom. The predicted molar refractivity (Wildman–Crippen MR) is 95.0 cm³/mol. The number of fused-ring (bicyclic) bond motifs is 1. The van der Waals surface area contributed by atoms with Gasteiger partial charge in [0.25, 0.3) is 5.91 Å². The quantitative estimate of drug-likeness (QED) is 0.550. The molecule has 0 saturated carbocycles. The van der Waals surface area contributed by atoms with E-state index in [4.69, 9.17) is 0 Å². The highest BCUT2D eigenvalue weighted by Gasteiger charge is 2.14. The first-order valence-corrected chi connectivity index (χ1v) is 8.31. The van der Waals surface area contributed by atoms with Crippen molar-refractivity contribution in [3.05, 3.63) is 57.0 Å². The Labute approximate surface area is 148 Å². The maximum atomic E-state index is 11.9. The summed E-state index contributed by atoms with van der Waals surface area (Å²) in [6.07, 6.45) is 0.168. The number of aromatic hydroxyl groups is 1. The summed E-state index contributed by atoms with van der Waals surface area (Å²) in [7, 11) is 0. The summed E-state index contributed by atoms with van der Waals surface area (Å²) >= 11 is 6.79. The summed E-state index contributed by atoms with van der Waals surface area (Å²) in [4.78, 5) is 14.7. The molecule has 1 aromatic heterocycles. The largest absolute Gasteiger partial charge is 0.493 e. The zero-order chi connectivity index (χ0) is 16.4. The third kappa shape index (κ3) is 3.51. The SMILES string of the molecule is O=C(Cc1ccccc1)N=Nc1c(O)[nH]c2c(Br)cc(Br)cc12. The smallest absolute Gasteiger partial charge is 0.269 e. The first kappa shape index (κ1) is 15.9. The van der Waals surface area contributed by atoms with Gasteiger partial charge in [0.15, 0.2) is 5.69 Å². The van der Waals surface area contributed by atoms with Gasteiger partial charge in [-0.05, 0) is 33.6 Å². The van der Waals surface area contributed by atoms with Crippen molar-refractivity contribution < 1.29 is 9.90 Å². The van der Waals surface area contributed by atoms with E-state index in [9.17, 15) is 9.90 Å². The number of rotatable bonds is 3. The van der Waals surface area contributed by atoms with Gasteiger partial charge in [-0.2, -0.15) is 0 Å². The number of nitrogens with one attached hydrogen (secondary N) is 1. The molecule has 1 heterocycles. The highest BCUT2D eigenvalue weighted by atomic mass is 79.9. The molecule has 23 heavy (non-hydrogen) atoms. The van der Waals surface area contributed by atoms with Gasteiger partial charge >= 0.3 is 0 Å². The molecule has 2 aromatic carbocycles. The Balaban J connectivity index is 1.89. The molecule has 3 aromatic rings. The molecule has 116 valence electrons. The number of amides is 1. The lowest BCUT2D eigenvalue weighted by Gasteiger charge is -1.97. The molecule has 0 bridgehead atoms. The third-order valence-electron chi connectivity index (χ3n) is 3.24. The van der Waals surface area contributed by atoms with Crippen LogP contribution in [0.3, 0.4) is 0 Å². The van der Waals surface area contributed by atoms with Crippen LogP contribution >= 0.6 is 31.9 Å². The molecule has 3 rings (SSSR count). The number of carbonyl (C=O) groups excluding carboxylic acids is 1. The van der Waals surface area contributed by atoms with Crippen LogP contribution in [0.25, 0.3) is 10.9 Å². The number of hydrogen-bond donors (Lipinski definition) is 2. The minimum absolute atomic E-state index is 0.130. The lowest BCUT2D eigenvalue weighted by molar-refractivity contribution is -0.117. The standard InChI is InChI=1S/C16H11Br2N3O2/c17-10-7-11-14(12(18)8-10)19-16(23)15(11)21-20-13(22)6-9-4-2-1-3-5-9/h1-5,7-8,19,23H,6H2. The Bertz CT molecular complexity index is 905. The van der Waals surface area contributed by atoms with Crippen LogP contribution in [0.4, 0.5) is 5.69 Å². The zero-order valence-electron chi connectivity index (χ0n) is 11.8. The van der Waals surface area contributed by atoms with Gasteiger partial charge in [-0.15, -0.1) is 10.2 Å². The first-order valence-electron chi connectivity index (χ1n) is 6.73. The van der Waals surface area contributed by atoms with Crippen LogP contribution in [0.5, 0.6) is 5.88 Å². The van der Waals surface area contributed by atoms with Crippen LogP contribution in [0.1, 0.15) is 5.56 Å². The monoisotopic (exact) mass is 435 g/mol. The van der Waals surface area contributed by atoms with E-state index in [1.807, 2.05) is 36.4 Å². The molecule has 2 N–H and O–H groups in total. The van der Waals surface area contributed by atoms with Gasteiger partial charge in [0.05, 0.1) is 11.9 Å². The summed E-state index contributed by atoms with van der Waals surface area (Å²) < 4.78 is 1.59. The fourth-order valence-corrected chi connectivity index (χ4v) is 3.53. The second-order valence-corrected chi connectivity index (χ2v) is 6.66. The van der Waals surface area contributed by atoms with Crippen LogP contribution < -0.4 is 0 Å². The number of H-pyrrole nitrogens is 1. The van der Waals surface area contributed by atoms with Crippen LogP contribution in [0.15, 0.2) is 61.6 Å². The number of hydrogen-bond acceptors (Lipinski definition) is 3. The lowest BCUT2D eigenvalue weighted by Crippen LogP contribution is -1.97. The van der Waals surface area contributed by atoms with Crippen molar-refractivity contribution in [1.29, 1.82) is 0 Å². The van der Waals surface area contributed by atoms with E-state index in [1.54, 1.807) is 6.07 Å². The number of benzene rings is 2. The highest BCUT2D eigenvalue weighted by molar-refractivity contribution is 9.11. The van der Waals surface area contributed by atoms with E-state index in [0.29, 0.717) is 10.9 Å². The average Bonchev–Trinajstić information content (AvgIpc) is 2.82. The molecular formula is C16H11Br2N3O2. The molecule has 0 saturated heterocycles. The fourth-order valence-electron chi connectivity index (χ4n) is 2.21. The molecule has 7 heteroatoms. The predicted octanol–water partition coefficient (Wildman–Crippen LogP) is 5.25. The van der Waals surface area contributed by atoms with Crippen LogP contribution in [-0.2, 0) is 11.2 Å². The van der Waals surface area contributed by atoms with E-state index >= 15 is 0 Å². The molecule has 0 fully saturated rings. The van der Waals surface area contributed by atoms with Gasteiger partial charge in [-0.25, -0.2) is 0 Å². The Kier molecular flexibility index (Phi) is 4.58. The van der Waals surface area contributed by atoms with Crippen molar-refractivity contribution in [1.82, 2.24) is 4.98 Å². The summed E-state index contributed by atoms with van der Waals surface area (Å²) in [5.74, 6) is -0.505. The van der Waals surface area contributed by atoms with Crippen LogP contribution in [-0.4, -0.2) is 16.0 Å². The van der Waals surface area contributed by atoms with Gasteiger partial charge in [0.2, 0.25) is 5.88 Å². The fraction of sp³-hybridized carbons (Fsp3) is 0.0625. The minimum Gasteiger partial charge on any atom is -0.493 e. The number of halogens is 2. The Morgan fingerprint density at radius 1 is 1.17 bits per heavy atom. The number of nitrogens with zero attached hydrogens (tertiary/aromatic N) is 2. The summed E-state index contributed by atoms with van der Waals surface area (Å²) in [6.45, 7) is 0. The van der Waals surface area contributed by atoms with Crippen molar-refractivity contribution in [2.45, 2.75) is 6.42 Å². The van der Waals surface area contributed by atoms with Crippen molar-refractivity contribution in [2.75, 3.05) is 0 Å². The van der Waals surface area contributed by atoms with Gasteiger partial charge in [-0.1, -0.05) is 46.3 Å². The average molecular weight is 437 g/mol. The lowest BCUT2D eigenvalue weighted by atomic mass is 10.1. The Morgan fingerprint density at radius 3 is 2.65 bits per heavy atom. The maximum absolute atomic E-state index is 11.9. The van der Waals surface area contributed by atoms with E-state index in [2.05, 4.69) is 47.1 Å². The third-order valence-corrected chi connectivity index (χ3v) is 4.32. The van der Waals surface area contributed by atoms with E-state index in [-0.39, 0.29) is 23.9 Å². The molecule has 0 aliphatic rings. The molecule has 0 aliphatic carbocycles. The number of carbonyl (C=O) groups is 1. The van der Waals surface area contributed by atoms with E-state index in [0.717, 1.165) is 14.5 Å². The Hall–Kier alpha value is -1.99. The summed E-state index contributed by atoms with van der Waals surface area (Å²) in [6, 6.07) is 13.0. The maximum Gasteiger partial charge on any atom is 0.269 e. The van der Waals surface area contributed by atoms with Crippen molar-refractivity contribution in [3.63, 3.8) is 0 Å². The molecule has 0 unspecified atom stereocenters. The van der Waals surface area contributed by atoms with E-state index < -0.39 is 0 Å². The minimum atomic E-state index is -0.376. The molecular weight excluding hydrogens is 426 g/mol. The zero-order valence-corrected chi connectivity index (χ0v) is 14.9. The summed E-state index contributed by atoms with van der Waals surface area (Å²) in [5.41, 5.74) is 1.80. The summed E-state index contributed by atoms with van der Waals surface area (Å²) in [5, 5.41) is 18.3. The number of aromatic amines is 1. The van der Waals surface area contributed by atoms with Crippen molar-refractivity contribution in [3.8, 4) is 5.88 Å². The molecule has 0 atom stereocenters. The van der Waals surface area contributed by atoms with Gasteiger partial charge < -0.3 is 10.1 Å². The number of aromatic nitrogens is 1. The van der Waals surface area contributed by atoms with Crippen LogP contribution in [0.2, 0.25) is 0 Å². The molecule has 0 radical (unpaired) electrons. The molecule has 5 nitrogen and oxygen atoms in total. The molecule has 1 amide bonds. The highest BCUT2D eigenvalue weighted by Crippen LogP contribution is 2.40. The van der Waals surface area contributed by atoms with Crippen molar-refractivity contribution >= 4 is 54.4 Å². The second kappa shape index (κ2) is 6.64. The van der Waals surface area contributed by atoms with Crippen LogP contribution in [0, 0.1) is 0 Å². The van der Waals surface area contributed by atoms with Gasteiger partial charge in [0, 0.05) is 14.3 Å². The second-order valence-electron chi connectivity index (χ2n) is 4.89. The van der Waals surface area contributed by atoms with E-state index in [1.165, 1.54) is 0 Å². The molecule has 0 spiro atoms. The number of azo groups is 1.